The number of carbonyl (C=O) groups excluding carboxylic acids is 1. The van der Waals surface area contributed by atoms with Crippen molar-refractivity contribution >= 4 is 57.4 Å². The first-order chi connectivity index (χ1) is 5.34. The molecule has 0 aromatic heterocycles. The molecule has 2 nitrogen and oxygen atoms in total. The van der Waals surface area contributed by atoms with Gasteiger partial charge in [0.25, 0.3) is 0 Å². The number of hydrogen-bond donors (Lipinski definition) is 0. The van der Waals surface area contributed by atoms with Gasteiger partial charge in [0, 0.05) is 0 Å². The second kappa shape index (κ2) is 6.57. The topological polar surface area (TPSA) is 26.3 Å². The van der Waals surface area contributed by atoms with E-state index >= 15 is 0 Å². The molecule has 0 spiro atoms. The van der Waals surface area contributed by atoms with Crippen molar-refractivity contribution in [2.24, 2.45) is 0 Å². The predicted molar refractivity (Wildman–Crippen MR) is 49.2 cm³/mol. The van der Waals surface area contributed by atoms with E-state index in [-0.39, 0.29) is 57.4 Å². The Labute approximate surface area is 114 Å². The van der Waals surface area contributed by atoms with E-state index in [1.54, 1.807) is 24.3 Å². The Morgan fingerprint density at radius 1 is 1.33 bits per heavy atom. The number of rotatable bonds is 2. The summed E-state index contributed by atoms with van der Waals surface area (Å²) < 4.78 is 4.55. The normalized spacial score (nSPS) is 8.00. The van der Waals surface area contributed by atoms with E-state index in [9.17, 15) is 4.79 Å². The van der Waals surface area contributed by atoms with Gasteiger partial charge in [0.2, 0.25) is 0 Å². The van der Waals surface area contributed by atoms with E-state index in [1.165, 1.54) is 0 Å². The molecule has 0 radical (unpaired) electrons. The van der Waals surface area contributed by atoms with Gasteiger partial charge in [-0.05, 0) is 12.1 Å². The summed E-state index contributed by atoms with van der Waals surface area (Å²) in [6, 6.07) is 8.77. The number of esters is 1. The van der Waals surface area contributed by atoms with Crippen molar-refractivity contribution in [3.05, 3.63) is 48.7 Å². The third-order valence-corrected chi connectivity index (χ3v) is 1.20. The van der Waals surface area contributed by atoms with E-state index in [1.807, 2.05) is 6.07 Å². The second-order valence-corrected chi connectivity index (χ2v) is 1.94. The van der Waals surface area contributed by atoms with E-state index in [2.05, 4.69) is 11.3 Å². The van der Waals surface area contributed by atoms with Gasteiger partial charge < -0.3 is 4.74 Å². The van der Waals surface area contributed by atoms with E-state index in [0.717, 1.165) is 6.26 Å². The van der Waals surface area contributed by atoms with E-state index < -0.39 is 0 Å². The molecule has 0 fully saturated rings. The minimum atomic E-state index is -0.374. The molecule has 0 saturated heterocycles. The Balaban J connectivity index is 0.00000121. The van der Waals surface area contributed by atoms with Crippen molar-refractivity contribution in [3.63, 3.8) is 0 Å². The van der Waals surface area contributed by atoms with Gasteiger partial charge in [-0.1, -0.05) is 24.8 Å². The van der Waals surface area contributed by atoms with Gasteiger partial charge in [-0.3, -0.25) is 0 Å². The summed E-state index contributed by atoms with van der Waals surface area (Å²) in [5.74, 6) is -0.374. The van der Waals surface area contributed by atoms with Gasteiger partial charge in [-0.2, -0.15) is 0 Å². The number of ether oxygens (including phenoxy) is 1. The second-order valence-electron chi connectivity index (χ2n) is 1.94. The van der Waals surface area contributed by atoms with Gasteiger partial charge in [0.15, 0.2) is 0 Å². The zero-order chi connectivity index (χ0) is 8.10. The molecule has 0 atom stereocenters. The molecule has 1 aromatic carbocycles. The first kappa shape index (κ1) is 12.1. The van der Waals surface area contributed by atoms with Crippen LogP contribution >= 0.6 is 0 Å². The first-order valence-electron chi connectivity index (χ1n) is 3.21. The van der Waals surface area contributed by atoms with Crippen LogP contribution in [0.5, 0.6) is 0 Å². The summed E-state index contributed by atoms with van der Waals surface area (Å²) in [4.78, 5) is 11.0. The third kappa shape index (κ3) is 3.65. The molecular weight excluding hydrogens is 179 g/mol. The van der Waals surface area contributed by atoms with Crippen LogP contribution in [-0.4, -0.2) is 57.4 Å². The van der Waals surface area contributed by atoms with Crippen LogP contribution in [0, 0.1) is 0 Å². The molecular formula is C9H9KO2. The molecule has 1 rings (SSSR count). The quantitative estimate of drug-likeness (QED) is 0.398. The van der Waals surface area contributed by atoms with Crippen molar-refractivity contribution in [1.82, 2.24) is 0 Å². The average molecular weight is 188 g/mol. The van der Waals surface area contributed by atoms with Crippen LogP contribution in [0.1, 0.15) is 10.4 Å². The monoisotopic (exact) mass is 188 g/mol. The van der Waals surface area contributed by atoms with Crippen LogP contribution in [0.2, 0.25) is 0 Å². The molecule has 0 aliphatic heterocycles. The molecule has 0 bridgehead atoms. The van der Waals surface area contributed by atoms with Crippen LogP contribution in [0.4, 0.5) is 0 Å². The zero-order valence-electron chi connectivity index (χ0n) is 5.99. The molecule has 12 heavy (non-hydrogen) atoms. The fourth-order valence-corrected chi connectivity index (χ4v) is 0.718. The summed E-state index contributed by atoms with van der Waals surface area (Å²) in [6.07, 6.45) is 1.12. The minimum absolute atomic E-state index is 0. The molecule has 0 amide bonds. The fourth-order valence-electron chi connectivity index (χ4n) is 0.718. The maximum absolute atomic E-state index is 11.0. The Hall–Kier alpha value is 0.0664. The van der Waals surface area contributed by atoms with Crippen LogP contribution in [-0.2, 0) is 4.74 Å². The summed E-state index contributed by atoms with van der Waals surface area (Å²) >= 11 is 0. The van der Waals surface area contributed by atoms with Crippen molar-refractivity contribution < 1.29 is 9.53 Å². The Morgan fingerprint density at radius 2 is 1.92 bits per heavy atom. The van der Waals surface area contributed by atoms with Crippen molar-refractivity contribution in [3.8, 4) is 0 Å². The SMILES string of the molecule is C=COC(=O)c1ccccc1.[KH]. The van der Waals surface area contributed by atoms with Crippen molar-refractivity contribution in [1.29, 1.82) is 0 Å². The Bertz CT molecular complexity index is 256. The molecule has 0 heterocycles. The summed E-state index contributed by atoms with van der Waals surface area (Å²) in [7, 11) is 0. The van der Waals surface area contributed by atoms with Gasteiger partial charge in [0.05, 0.1) is 11.8 Å². The van der Waals surface area contributed by atoms with Gasteiger partial charge in [0.1, 0.15) is 0 Å². The summed E-state index contributed by atoms with van der Waals surface area (Å²) in [6.45, 7) is 3.28. The van der Waals surface area contributed by atoms with Crippen LogP contribution in [0.3, 0.4) is 0 Å². The van der Waals surface area contributed by atoms with Crippen LogP contribution in [0.15, 0.2) is 43.2 Å². The Morgan fingerprint density at radius 3 is 2.42 bits per heavy atom. The van der Waals surface area contributed by atoms with Gasteiger partial charge >= 0.3 is 57.4 Å². The van der Waals surface area contributed by atoms with E-state index in [4.69, 9.17) is 0 Å². The molecule has 1 aromatic rings. The molecule has 0 N–H and O–H groups in total. The molecule has 0 aliphatic carbocycles. The Kier molecular flexibility index (Phi) is 6.60. The number of hydrogen-bond acceptors (Lipinski definition) is 2. The predicted octanol–water partition coefficient (Wildman–Crippen LogP) is 1.34. The first-order valence-corrected chi connectivity index (χ1v) is 3.21. The van der Waals surface area contributed by atoms with Crippen LogP contribution in [0.25, 0.3) is 0 Å². The zero-order valence-corrected chi connectivity index (χ0v) is 5.99. The third-order valence-electron chi connectivity index (χ3n) is 1.20. The average Bonchev–Trinajstić information content (AvgIpc) is 2.07. The molecule has 0 aliphatic rings. The summed E-state index contributed by atoms with van der Waals surface area (Å²) in [5.41, 5.74) is 0.535. The number of carbonyl (C=O) groups is 1. The fraction of sp³-hybridized carbons (Fsp3) is 0. The molecule has 58 valence electrons. The summed E-state index contributed by atoms with van der Waals surface area (Å²) in [5, 5.41) is 0. The van der Waals surface area contributed by atoms with Gasteiger partial charge in [-0.15, -0.1) is 0 Å². The molecule has 0 unspecified atom stereocenters. The van der Waals surface area contributed by atoms with Crippen molar-refractivity contribution in [2.75, 3.05) is 0 Å². The van der Waals surface area contributed by atoms with E-state index in [0.29, 0.717) is 5.56 Å². The number of benzene rings is 1. The van der Waals surface area contributed by atoms with Crippen LogP contribution < -0.4 is 0 Å². The molecule has 3 heteroatoms. The van der Waals surface area contributed by atoms with Crippen molar-refractivity contribution in [2.45, 2.75) is 0 Å². The maximum atomic E-state index is 11.0. The van der Waals surface area contributed by atoms with Gasteiger partial charge in [-0.25, -0.2) is 4.79 Å². The standard InChI is InChI=1S/C9H8O2.K.H/c1-2-11-9(10)8-6-4-3-5-7-8;;/h2-7H,1H2;;. The molecule has 0 saturated carbocycles.